The number of hydrogen-bond acceptors (Lipinski definition) is 2. The van der Waals surface area contributed by atoms with Gasteiger partial charge in [-0.3, -0.25) is 4.79 Å². The number of carbonyl (C=O) groups excluding carboxylic acids is 1. The lowest BCUT2D eigenvalue weighted by atomic mass is 9.85. The lowest BCUT2D eigenvalue weighted by Crippen LogP contribution is -2.40. The van der Waals surface area contributed by atoms with E-state index in [-0.39, 0.29) is 17.4 Å². The van der Waals surface area contributed by atoms with Gasteiger partial charge < -0.3 is 9.47 Å². The van der Waals surface area contributed by atoms with E-state index in [1.807, 2.05) is 13.1 Å². The molecule has 0 bridgehead atoms. The van der Waals surface area contributed by atoms with Crippen LogP contribution in [-0.2, 0) is 6.54 Å². The number of likely N-dealkylation sites (tertiary alicyclic amines) is 1. The van der Waals surface area contributed by atoms with Crippen molar-refractivity contribution in [1.82, 2.24) is 14.5 Å². The van der Waals surface area contributed by atoms with Gasteiger partial charge in [-0.05, 0) is 56.2 Å². The van der Waals surface area contributed by atoms with E-state index >= 15 is 0 Å². The minimum atomic E-state index is -0.427. The van der Waals surface area contributed by atoms with E-state index < -0.39 is 5.82 Å². The number of carbonyl (C=O) groups is 1. The van der Waals surface area contributed by atoms with Crippen molar-refractivity contribution in [3.63, 3.8) is 0 Å². The van der Waals surface area contributed by atoms with Crippen LogP contribution in [0.3, 0.4) is 0 Å². The number of imidazole rings is 1. The molecular weight excluding hydrogens is 329 g/mol. The highest BCUT2D eigenvalue weighted by molar-refractivity contribution is 5.94. The van der Waals surface area contributed by atoms with Crippen molar-refractivity contribution in [2.45, 2.75) is 51.5 Å². The first-order valence-electron chi connectivity index (χ1n) is 9.68. The molecule has 138 valence electrons. The molecule has 0 unspecified atom stereocenters. The van der Waals surface area contributed by atoms with E-state index in [2.05, 4.69) is 15.7 Å². The molecule has 1 aliphatic heterocycles. The summed E-state index contributed by atoms with van der Waals surface area (Å²) in [7, 11) is 0. The molecule has 2 aromatic rings. The van der Waals surface area contributed by atoms with Crippen molar-refractivity contribution in [3.8, 4) is 0 Å². The number of halogens is 1. The standard InChI is InChI=1S/C21H26FN3O/c1-15-7-8-18(19(22)12-15)21(26)25-10-3-6-17(14-25)20-23-9-11-24(20)13-16-4-2-5-16/h7-9,11-12,16-17H,2-6,10,13-14H2,1H3/t17-/m0/s1. The lowest BCUT2D eigenvalue weighted by molar-refractivity contribution is 0.0698. The van der Waals surface area contributed by atoms with E-state index in [0.717, 1.165) is 36.7 Å². The minimum Gasteiger partial charge on any atom is -0.338 e. The number of aromatic nitrogens is 2. The van der Waals surface area contributed by atoms with Gasteiger partial charge in [-0.15, -0.1) is 0 Å². The first-order valence-corrected chi connectivity index (χ1v) is 9.68. The third-order valence-corrected chi connectivity index (χ3v) is 5.86. The molecule has 0 radical (unpaired) electrons. The fraction of sp³-hybridized carbons (Fsp3) is 0.524. The Hall–Kier alpha value is -2.17. The molecule has 1 saturated heterocycles. The van der Waals surface area contributed by atoms with Gasteiger partial charge in [-0.25, -0.2) is 9.37 Å². The van der Waals surface area contributed by atoms with Gasteiger partial charge in [0.25, 0.3) is 5.91 Å². The fourth-order valence-corrected chi connectivity index (χ4v) is 4.12. The molecule has 4 nitrogen and oxygen atoms in total. The van der Waals surface area contributed by atoms with Crippen molar-refractivity contribution in [2.24, 2.45) is 5.92 Å². The summed E-state index contributed by atoms with van der Waals surface area (Å²) in [5.74, 6) is 1.45. The Bertz CT molecular complexity index is 796. The average molecular weight is 355 g/mol. The molecule has 1 aromatic heterocycles. The van der Waals surface area contributed by atoms with Gasteiger partial charge in [0.1, 0.15) is 11.6 Å². The molecule has 26 heavy (non-hydrogen) atoms. The maximum atomic E-state index is 14.2. The van der Waals surface area contributed by atoms with E-state index in [0.29, 0.717) is 13.1 Å². The highest BCUT2D eigenvalue weighted by atomic mass is 19.1. The van der Waals surface area contributed by atoms with Gasteiger partial charge in [-0.1, -0.05) is 12.5 Å². The van der Waals surface area contributed by atoms with Crippen LogP contribution in [0.2, 0.25) is 0 Å². The molecule has 2 aliphatic rings. The number of nitrogens with zero attached hydrogens (tertiary/aromatic N) is 3. The van der Waals surface area contributed by atoms with Crippen molar-refractivity contribution < 1.29 is 9.18 Å². The van der Waals surface area contributed by atoms with Crippen LogP contribution in [0.4, 0.5) is 4.39 Å². The van der Waals surface area contributed by atoms with Crippen molar-refractivity contribution >= 4 is 5.91 Å². The molecule has 0 N–H and O–H groups in total. The molecule has 1 aromatic carbocycles. The van der Waals surface area contributed by atoms with Crippen LogP contribution in [0.25, 0.3) is 0 Å². The molecule has 1 aliphatic carbocycles. The number of amides is 1. The summed E-state index contributed by atoms with van der Waals surface area (Å²) in [5, 5.41) is 0. The summed E-state index contributed by atoms with van der Waals surface area (Å²) in [6.45, 7) is 4.17. The van der Waals surface area contributed by atoms with Gasteiger partial charge in [0.15, 0.2) is 0 Å². The quantitative estimate of drug-likeness (QED) is 0.826. The number of piperidine rings is 1. The van der Waals surface area contributed by atoms with Crippen LogP contribution in [0.5, 0.6) is 0 Å². The third-order valence-electron chi connectivity index (χ3n) is 5.86. The Morgan fingerprint density at radius 2 is 2.12 bits per heavy atom. The molecule has 1 amide bonds. The number of benzene rings is 1. The zero-order valence-electron chi connectivity index (χ0n) is 15.3. The summed E-state index contributed by atoms with van der Waals surface area (Å²) >= 11 is 0. The Balaban J connectivity index is 1.49. The molecule has 1 saturated carbocycles. The smallest absolute Gasteiger partial charge is 0.256 e. The number of hydrogen-bond donors (Lipinski definition) is 0. The molecular formula is C21H26FN3O. The Labute approximate surface area is 154 Å². The predicted molar refractivity (Wildman–Crippen MR) is 98.6 cm³/mol. The summed E-state index contributed by atoms with van der Waals surface area (Å²) < 4.78 is 16.5. The van der Waals surface area contributed by atoms with E-state index in [1.54, 1.807) is 17.0 Å². The Morgan fingerprint density at radius 1 is 1.27 bits per heavy atom. The highest BCUT2D eigenvalue weighted by Gasteiger charge is 2.30. The Morgan fingerprint density at radius 3 is 2.85 bits per heavy atom. The number of aryl methyl sites for hydroxylation is 1. The highest BCUT2D eigenvalue weighted by Crippen LogP contribution is 2.31. The molecule has 4 rings (SSSR count). The normalized spacial score (nSPS) is 20.8. The Kier molecular flexibility index (Phi) is 4.79. The molecule has 2 fully saturated rings. The van der Waals surface area contributed by atoms with Crippen LogP contribution < -0.4 is 0 Å². The first kappa shape index (κ1) is 17.3. The summed E-state index contributed by atoms with van der Waals surface area (Å²) in [5.41, 5.74) is 1.00. The van der Waals surface area contributed by atoms with Gasteiger partial charge in [0, 0.05) is 37.9 Å². The zero-order valence-corrected chi connectivity index (χ0v) is 15.3. The van der Waals surface area contributed by atoms with E-state index in [1.165, 1.54) is 25.3 Å². The minimum absolute atomic E-state index is 0.175. The maximum Gasteiger partial charge on any atom is 0.256 e. The largest absolute Gasteiger partial charge is 0.338 e. The van der Waals surface area contributed by atoms with Crippen molar-refractivity contribution in [1.29, 1.82) is 0 Å². The second-order valence-electron chi connectivity index (χ2n) is 7.81. The average Bonchev–Trinajstić information content (AvgIpc) is 3.06. The molecule has 2 heterocycles. The summed E-state index contributed by atoms with van der Waals surface area (Å²) in [6, 6.07) is 4.83. The van der Waals surface area contributed by atoms with Crippen LogP contribution in [0, 0.1) is 18.7 Å². The lowest BCUT2D eigenvalue weighted by Gasteiger charge is -2.34. The van der Waals surface area contributed by atoms with E-state index in [9.17, 15) is 9.18 Å². The summed E-state index contributed by atoms with van der Waals surface area (Å²) in [4.78, 5) is 19.2. The third kappa shape index (κ3) is 3.39. The van der Waals surface area contributed by atoms with E-state index in [4.69, 9.17) is 0 Å². The first-order chi connectivity index (χ1) is 12.6. The predicted octanol–water partition coefficient (Wildman–Crippen LogP) is 4.15. The fourth-order valence-electron chi connectivity index (χ4n) is 4.12. The van der Waals surface area contributed by atoms with Crippen molar-refractivity contribution in [2.75, 3.05) is 13.1 Å². The van der Waals surface area contributed by atoms with Crippen LogP contribution in [0.15, 0.2) is 30.6 Å². The monoisotopic (exact) mass is 355 g/mol. The number of rotatable bonds is 4. The molecule has 5 heteroatoms. The summed E-state index contributed by atoms with van der Waals surface area (Å²) in [6.07, 6.45) is 9.84. The topological polar surface area (TPSA) is 38.1 Å². The van der Waals surface area contributed by atoms with Gasteiger partial charge in [-0.2, -0.15) is 0 Å². The molecule has 0 spiro atoms. The van der Waals surface area contributed by atoms with Crippen LogP contribution in [0.1, 0.15) is 59.8 Å². The second kappa shape index (κ2) is 7.22. The van der Waals surface area contributed by atoms with Gasteiger partial charge >= 0.3 is 0 Å². The van der Waals surface area contributed by atoms with Gasteiger partial charge in [0.05, 0.1) is 5.56 Å². The van der Waals surface area contributed by atoms with Crippen molar-refractivity contribution in [3.05, 3.63) is 53.4 Å². The van der Waals surface area contributed by atoms with Crippen LogP contribution >= 0.6 is 0 Å². The second-order valence-corrected chi connectivity index (χ2v) is 7.81. The molecule has 1 atom stereocenters. The zero-order chi connectivity index (χ0) is 18.1. The van der Waals surface area contributed by atoms with Crippen LogP contribution in [-0.4, -0.2) is 33.4 Å². The maximum absolute atomic E-state index is 14.2. The SMILES string of the molecule is Cc1ccc(C(=O)N2CCC[C@H](c3nccn3CC3CCC3)C2)c(F)c1. The van der Waals surface area contributed by atoms with Gasteiger partial charge in [0.2, 0.25) is 0 Å².